The zero-order valence-electron chi connectivity index (χ0n) is 19.2. The Labute approximate surface area is 191 Å². The molecule has 4 rings (SSSR count). The van der Waals surface area contributed by atoms with E-state index in [9.17, 15) is 4.79 Å². The Morgan fingerprint density at radius 2 is 1.97 bits per heavy atom. The number of nitrogens with one attached hydrogen (secondary N) is 2. The molecule has 0 aliphatic carbocycles. The summed E-state index contributed by atoms with van der Waals surface area (Å²) in [6.07, 6.45) is 3.29. The van der Waals surface area contributed by atoms with Gasteiger partial charge in [-0.15, -0.1) is 0 Å². The summed E-state index contributed by atoms with van der Waals surface area (Å²) in [5.41, 5.74) is 3.38. The van der Waals surface area contributed by atoms with Crippen LogP contribution in [0, 0.1) is 6.92 Å². The quantitative estimate of drug-likeness (QED) is 0.461. The molecule has 170 valence electrons. The number of amides is 1. The molecule has 4 aromatic rings. The number of benzene rings is 1. The lowest BCUT2D eigenvalue weighted by Crippen LogP contribution is -2.22. The van der Waals surface area contributed by atoms with Gasteiger partial charge in [-0.25, -0.2) is 9.97 Å². The zero-order valence-corrected chi connectivity index (χ0v) is 19.2. The number of hydrogen-bond acceptors (Lipinski definition) is 8. The normalized spacial score (nSPS) is 11.4. The standard InChI is InChI=1S/C23H26N8O2/c1-14-10-15(20-25-13-26-22(28-20)27-19-8-9-31(5)29-19)6-7-16(14)12-24-21(32)17-11-18(30-33-17)23(2,3)4/h6-11,13H,12H2,1-5H3,(H,24,32)(H,25,26,27,28,29). The molecule has 0 fully saturated rings. The van der Waals surface area contributed by atoms with E-state index in [1.807, 2.05) is 65.2 Å². The summed E-state index contributed by atoms with van der Waals surface area (Å²) < 4.78 is 6.90. The minimum atomic E-state index is -0.302. The van der Waals surface area contributed by atoms with E-state index in [1.165, 1.54) is 6.33 Å². The molecule has 0 unspecified atom stereocenters. The van der Waals surface area contributed by atoms with Crippen molar-refractivity contribution in [1.82, 2.24) is 35.2 Å². The number of carbonyl (C=O) groups excluding carboxylic acids is 1. The van der Waals surface area contributed by atoms with E-state index in [2.05, 4.69) is 35.8 Å². The summed E-state index contributed by atoms with van der Waals surface area (Å²) in [6, 6.07) is 9.36. The summed E-state index contributed by atoms with van der Waals surface area (Å²) in [5.74, 6) is 1.50. The van der Waals surface area contributed by atoms with Crippen molar-refractivity contribution < 1.29 is 9.32 Å². The molecule has 33 heavy (non-hydrogen) atoms. The van der Waals surface area contributed by atoms with Crippen LogP contribution in [0.5, 0.6) is 0 Å². The van der Waals surface area contributed by atoms with Crippen molar-refractivity contribution in [2.45, 2.75) is 39.7 Å². The molecule has 10 nitrogen and oxygen atoms in total. The van der Waals surface area contributed by atoms with E-state index in [1.54, 1.807) is 10.7 Å². The van der Waals surface area contributed by atoms with Gasteiger partial charge in [0.25, 0.3) is 5.91 Å². The van der Waals surface area contributed by atoms with E-state index in [0.717, 1.165) is 22.4 Å². The van der Waals surface area contributed by atoms with Crippen molar-refractivity contribution in [3.63, 3.8) is 0 Å². The van der Waals surface area contributed by atoms with Crippen LogP contribution >= 0.6 is 0 Å². The summed E-state index contributed by atoms with van der Waals surface area (Å²) in [5, 5.41) is 14.2. The largest absolute Gasteiger partial charge is 0.351 e. The fraction of sp³-hybridized carbons (Fsp3) is 0.304. The van der Waals surface area contributed by atoms with Gasteiger partial charge < -0.3 is 15.2 Å². The van der Waals surface area contributed by atoms with Crippen LogP contribution in [0.3, 0.4) is 0 Å². The van der Waals surface area contributed by atoms with Gasteiger partial charge in [0, 0.05) is 42.9 Å². The van der Waals surface area contributed by atoms with Crippen molar-refractivity contribution in [3.05, 3.63) is 65.4 Å². The van der Waals surface area contributed by atoms with Crippen molar-refractivity contribution in [1.29, 1.82) is 0 Å². The highest BCUT2D eigenvalue weighted by Crippen LogP contribution is 2.22. The average molecular weight is 447 g/mol. The molecule has 3 heterocycles. The molecule has 0 aliphatic heterocycles. The maximum atomic E-state index is 12.5. The van der Waals surface area contributed by atoms with Crippen LogP contribution in [0.1, 0.15) is 48.1 Å². The monoisotopic (exact) mass is 446 g/mol. The number of nitrogens with zero attached hydrogens (tertiary/aromatic N) is 6. The van der Waals surface area contributed by atoms with E-state index in [4.69, 9.17) is 4.52 Å². The Morgan fingerprint density at radius 1 is 1.15 bits per heavy atom. The van der Waals surface area contributed by atoms with Crippen molar-refractivity contribution >= 4 is 17.7 Å². The Kier molecular flexibility index (Phi) is 5.91. The number of aryl methyl sites for hydroxylation is 2. The second-order valence-electron chi connectivity index (χ2n) is 8.78. The summed E-state index contributed by atoms with van der Waals surface area (Å²) in [6.45, 7) is 8.39. The predicted molar refractivity (Wildman–Crippen MR) is 123 cm³/mol. The van der Waals surface area contributed by atoms with Gasteiger partial charge in [0.05, 0.1) is 5.69 Å². The lowest BCUT2D eigenvalue weighted by molar-refractivity contribution is 0.0913. The molecule has 0 saturated heterocycles. The lowest BCUT2D eigenvalue weighted by Gasteiger charge is -2.12. The summed E-state index contributed by atoms with van der Waals surface area (Å²) in [4.78, 5) is 25.4. The minimum absolute atomic E-state index is 0.184. The fourth-order valence-electron chi connectivity index (χ4n) is 3.12. The number of hydrogen-bond donors (Lipinski definition) is 2. The third kappa shape index (κ3) is 5.22. The van der Waals surface area contributed by atoms with E-state index < -0.39 is 0 Å². The molecule has 0 bridgehead atoms. The highest BCUT2D eigenvalue weighted by Gasteiger charge is 2.21. The Hall–Kier alpha value is -4.08. The molecule has 0 aliphatic rings. The molecule has 0 atom stereocenters. The van der Waals surface area contributed by atoms with Crippen LogP contribution in [-0.2, 0) is 19.0 Å². The Bertz CT molecular complexity index is 1290. The maximum absolute atomic E-state index is 12.5. The van der Waals surface area contributed by atoms with Crippen LogP contribution < -0.4 is 10.6 Å². The second-order valence-corrected chi connectivity index (χ2v) is 8.78. The SMILES string of the molecule is Cc1cc(-c2ncnc(Nc3ccn(C)n3)n2)ccc1CNC(=O)c1cc(C(C)(C)C)no1. The van der Waals surface area contributed by atoms with Gasteiger partial charge in [-0.05, 0) is 24.1 Å². The number of anilines is 2. The first-order valence-corrected chi connectivity index (χ1v) is 10.5. The molecular weight excluding hydrogens is 420 g/mol. The molecule has 2 N–H and O–H groups in total. The highest BCUT2D eigenvalue weighted by molar-refractivity contribution is 5.91. The van der Waals surface area contributed by atoms with Crippen molar-refractivity contribution in [3.8, 4) is 11.4 Å². The number of carbonyl (C=O) groups is 1. The molecule has 0 radical (unpaired) electrons. The van der Waals surface area contributed by atoms with Gasteiger partial charge in [-0.1, -0.05) is 38.1 Å². The molecular formula is C23H26N8O2. The van der Waals surface area contributed by atoms with Crippen LogP contribution in [0.2, 0.25) is 0 Å². The van der Waals surface area contributed by atoms with Gasteiger partial charge >= 0.3 is 0 Å². The van der Waals surface area contributed by atoms with E-state index in [-0.39, 0.29) is 17.1 Å². The average Bonchev–Trinajstić information content (AvgIpc) is 3.42. The first kappa shape index (κ1) is 22.1. The second kappa shape index (κ2) is 8.81. The van der Waals surface area contributed by atoms with Crippen LogP contribution in [0.25, 0.3) is 11.4 Å². The van der Waals surface area contributed by atoms with Gasteiger partial charge in [0.2, 0.25) is 11.7 Å². The van der Waals surface area contributed by atoms with Crippen LogP contribution in [-0.4, -0.2) is 35.8 Å². The molecule has 1 amide bonds. The van der Waals surface area contributed by atoms with Crippen LogP contribution in [0.15, 0.2) is 47.4 Å². The maximum Gasteiger partial charge on any atom is 0.290 e. The van der Waals surface area contributed by atoms with Crippen LogP contribution in [0.4, 0.5) is 11.8 Å². The molecule has 0 saturated carbocycles. The number of aromatic nitrogens is 6. The first-order chi connectivity index (χ1) is 15.7. The molecule has 0 spiro atoms. The Balaban J connectivity index is 1.43. The first-order valence-electron chi connectivity index (χ1n) is 10.5. The molecule has 3 aromatic heterocycles. The fourth-order valence-corrected chi connectivity index (χ4v) is 3.12. The van der Waals surface area contributed by atoms with Gasteiger partial charge in [-0.2, -0.15) is 10.1 Å². The van der Waals surface area contributed by atoms with E-state index in [0.29, 0.717) is 24.1 Å². The third-order valence-electron chi connectivity index (χ3n) is 5.07. The Morgan fingerprint density at radius 3 is 2.64 bits per heavy atom. The predicted octanol–water partition coefficient (Wildman–Crippen LogP) is 3.54. The highest BCUT2D eigenvalue weighted by atomic mass is 16.5. The molecule has 10 heteroatoms. The summed E-state index contributed by atoms with van der Waals surface area (Å²) in [7, 11) is 1.84. The van der Waals surface area contributed by atoms with Gasteiger partial charge in [-0.3, -0.25) is 9.48 Å². The zero-order chi connectivity index (χ0) is 23.6. The number of rotatable bonds is 6. The van der Waals surface area contributed by atoms with E-state index >= 15 is 0 Å². The van der Waals surface area contributed by atoms with Gasteiger partial charge in [0.15, 0.2) is 11.6 Å². The molecule has 1 aromatic carbocycles. The van der Waals surface area contributed by atoms with Gasteiger partial charge in [0.1, 0.15) is 6.33 Å². The topological polar surface area (TPSA) is 124 Å². The van der Waals surface area contributed by atoms with Crippen molar-refractivity contribution in [2.75, 3.05) is 5.32 Å². The summed E-state index contributed by atoms with van der Waals surface area (Å²) >= 11 is 0. The van der Waals surface area contributed by atoms with Crippen molar-refractivity contribution in [2.24, 2.45) is 7.05 Å². The lowest BCUT2D eigenvalue weighted by atomic mass is 9.92. The third-order valence-corrected chi connectivity index (χ3v) is 5.07. The minimum Gasteiger partial charge on any atom is -0.351 e. The smallest absolute Gasteiger partial charge is 0.290 e.